The minimum Gasteiger partial charge on any atom is -0.491 e. The number of carbonyl (C=O) groups excluding carboxylic acids is 1. The molecule has 4 nitrogen and oxygen atoms in total. The van der Waals surface area contributed by atoms with E-state index in [1.54, 1.807) is 0 Å². The van der Waals surface area contributed by atoms with Crippen molar-refractivity contribution in [2.45, 2.75) is 39.3 Å². The number of halogens is 1. The fourth-order valence-electron chi connectivity index (χ4n) is 1.57. The van der Waals surface area contributed by atoms with Gasteiger partial charge in [0.2, 0.25) is 5.91 Å². The van der Waals surface area contributed by atoms with Gasteiger partial charge in [0.1, 0.15) is 5.75 Å². The molecule has 0 saturated carbocycles. The predicted octanol–water partition coefficient (Wildman–Crippen LogP) is 1.90. The number of nitrogens with one attached hydrogen (secondary N) is 1. The second kappa shape index (κ2) is 8.77. The average molecular weight is 287 g/mol. The quantitative estimate of drug-likeness (QED) is 0.839. The van der Waals surface area contributed by atoms with Crippen molar-refractivity contribution < 1.29 is 9.53 Å². The van der Waals surface area contributed by atoms with Gasteiger partial charge in [0.25, 0.3) is 0 Å². The first kappa shape index (κ1) is 17.7. The maximum absolute atomic E-state index is 11.7. The van der Waals surface area contributed by atoms with Gasteiger partial charge in [0.15, 0.2) is 0 Å². The zero-order chi connectivity index (χ0) is 13.5. The van der Waals surface area contributed by atoms with Crippen LogP contribution in [0.4, 0.5) is 0 Å². The second-order valence-corrected chi connectivity index (χ2v) is 4.70. The average Bonchev–Trinajstić information content (AvgIpc) is 2.28. The van der Waals surface area contributed by atoms with Crippen LogP contribution in [0.1, 0.15) is 26.3 Å². The van der Waals surface area contributed by atoms with Gasteiger partial charge in [0.05, 0.1) is 12.5 Å². The van der Waals surface area contributed by atoms with E-state index in [9.17, 15) is 4.79 Å². The molecular weight excluding hydrogens is 264 g/mol. The molecule has 108 valence electrons. The van der Waals surface area contributed by atoms with Crippen LogP contribution in [0, 0.1) is 0 Å². The van der Waals surface area contributed by atoms with Gasteiger partial charge in [-0.3, -0.25) is 4.79 Å². The highest BCUT2D eigenvalue weighted by Gasteiger charge is 2.07. The summed E-state index contributed by atoms with van der Waals surface area (Å²) in [5, 5.41) is 2.83. The molecule has 0 aliphatic rings. The van der Waals surface area contributed by atoms with Crippen LogP contribution in [-0.2, 0) is 11.2 Å². The summed E-state index contributed by atoms with van der Waals surface area (Å²) >= 11 is 0. The van der Waals surface area contributed by atoms with E-state index in [0.29, 0.717) is 13.0 Å². The molecule has 1 aromatic carbocycles. The molecule has 0 saturated heterocycles. The van der Waals surface area contributed by atoms with Gasteiger partial charge < -0.3 is 15.8 Å². The predicted molar refractivity (Wildman–Crippen MR) is 79.8 cm³/mol. The summed E-state index contributed by atoms with van der Waals surface area (Å²) in [4.78, 5) is 11.7. The van der Waals surface area contributed by atoms with Crippen LogP contribution < -0.4 is 15.8 Å². The largest absolute Gasteiger partial charge is 0.491 e. The molecule has 0 aromatic heterocycles. The summed E-state index contributed by atoms with van der Waals surface area (Å²) in [5.41, 5.74) is 6.40. The zero-order valence-electron chi connectivity index (χ0n) is 11.7. The van der Waals surface area contributed by atoms with Crippen molar-refractivity contribution in [1.82, 2.24) is 5.32 Å². The molecule has 3 N–H and O–H groups in total. The first-order chi connectivity index (χ1) is 8.51. The Kier molecular flexibility index (Phi) is 8.19. The van der Waals surface area contributed by atoms with E-state index in [4.69, 9.17) is 10.5 Å². The Hall–Kier alpha value is -1.26. The van der Waals surface area contributed by atoms with Crippen molar-refractivity contribution in [3.8, 4) is 5.75 Å². The van der Waals surface area contributed by atoms with Crippen molar-refractivity contribution in [3.63, 3.8) is 0 Å². The minimum atomic E-state index is -0.0188. The Labute approximate surface area is 121 Å². The lowest BCUT2D eigenvalue weighted by Crippen LogP contribution is -2.38. The third-order valence-electron chi connectivity index (χ3n) is 2.40. The van der Waals surface area contributed by atoms with Gasteiger partial charge in [-0.05, 0) is 38.5 Å². The van der Waals surface area contributed by atoms with Crippen LogP contribution >= 0.6 is 12.4 Å². The van der Waals surface area contributed by atoms with E-state index >= 15 is 0 Å². The third kappa shape index (κ3) is 7.03. The number of amides is 1. The molecule has 0 heterocycles. The topological polar surface area (TPSA) is 64.3 Å². The number of rotatable bonds is 6. The van der Waals surface area contributed by atoms with Crippen LogP contribution in [0.2, 0.25) is 0 Å². The summed E-state index contributed by atoms with van der Waals surface area (Å²) < 4.78 is 5.59. The molecule has 0 fully saturated rings. The van der Waals surface area contributed by atoms with Crippen LogP contribution in [0.3, 0.4) is 0 Å². The van der Waals surface area contributed by atoms with Crippen LogP contribution in [0.25, 0.3) is 0 Å². The first-order valence-electron chi connectivity index (χ1n) is 6.26. The lowest BCUT2D eigenvalue weighted by atomic mass is 10.1. The number of nitrogens with two attached hydrogens (primary N) is 1. The maximum atomic E-state index is 11.7. The van der Waals surface area contributed by atoms with E-state index < -0.39 is 0 Å². The van der Waals surface area contributed by atoms with E-state index in [-0.39, 0.29) is 30.5 Å². The van der Waals surface area contributed by atoms with Gasteiger partial charge in [0, 0.05) is 12.6 Å². The fraction of sp³-hybridized carbons (Fsp3) is 0.500. The Morgan fingerprint density at radius 1 is 1.37 bits per heavy atom. The maximum Gasteiger partial charge on any atom is 0.224 e. The van der Waals surface area contributed by atoms with Crippen molar-refractivity contribution >= 4 is 18.3 Å². The Morgan fingerprint density at radius 3 is 2.63 bits per heavy atom. The molecule has 1 amide bonds. The molecule has 0 aliphatic heterocycles. The van der Waals surface area contributed by atoms with Gasteiger partial charge in [-0.2, -0.15) is 0 Å². The van der Waals surface area contributed by atoms with Gasteiger partial charge >= 0.3 is 0 Å². The minimum absolute atomic E-state index is 0. The molecule has 1 atom stereocenters. The van der Waals surface area contributed by atoms with Gasteiger partial charge in [-0.15, -0.1) is 12.4 Å². The summed E-state index contributed by atoms with van der Waals surface area (Å²) in [6, 6.07) is 7.61. The number of benzene rings is 1. The van der Waals surface area contributed by atoms with Crippen LogP contribution in [0.5, 0.6) is 5.75 Å². The Balaban J connectivity index is 0.00000324. The number of carbonyl (C=O) groups is 1. The molecule has 0 unspecified atom stereocenters. The van der Waals surface area contributed by atoms with Crippen LogP contribution in [-0.4, -0.2) is 24.6 Å². The standard InChI is InChI=1S/C14H22N2O2.ClH/c1-10(2)18-13-6-4-5-12(7-13)8-14(17)16-11(3)9-15;/h4-7,10-11H,8-9,15H2,1-3H3,(H,16,17);1H/t11-;/m0./s1. The number of hydrogen-bond donors (Lipinski definition) is 2. The molecule has 0 spiro atoms. The van der Waals surface area contributed by atoms with Crippen LogP contribution in [0.15, 0.2) is 24.3 Å². The summed E-state index contributed by atoms with van der Waals surface area (Å²) in [5.74, 6) is 0.775. The summed E-state index contributed by atoms with van der Waals surface area (Å²) in [6.45, 7) is 6.28. The lowest BCUT2D eigenvalue weighted by Gasteiger charge is -2.13. The van der Waals surface area contributed by atoms with Gasteiger partial charge in [-0.1, -0.05) is 12.1 Å². The van der Waals surface area contributed by atoms with Gasteiger partial charge in [-0.25, -0.2) is 0 Å². The molecular formula is C14H23ClN2O2. The number of ether oxygens (including phenoxy) is 1. The highest BCUT2D eigenvalue weighted by molar-refractivity contribution is 5.85. The highest BCUT2D eigenvalue weighted by Crippen LogP contribution is 2.15. The first-order valence-corrected chi connectivity index (χ1v) is 6.26. The van der Waals surface area contributed by atoms with E-state index in [2.05, 4.69) is 5.32 Å². The fourth-order valence-corrected chi connectivity index (χ4v) is 1.57. The summed E-state index contributed by atoms with van der Waals surface area (Å²) in [6.07, 6.45) is 0.478. The normalized spacial score (nSPS) is 11.6. The third-order valence-corrected chi connectivity index (χ3v) is 2.40. The molecule has 0 radical (unpaired) electrons. The zero-order valence-corrected chi connectivity index (χ0v) is 12.5. The Morgan fingerprint density at radius 2 is 2.05 bits per heavy atom. The van der Waals surface area contributed by atoms with E-state index in [1.807, 2.05) is 45.0 Å². The van der Waals surface area contributed by atoms with Crippen molar-refractivity contribution in [2.75, 3.05) is 6.54 Å². The molecule has 0 bridgehead atoms. The monoisotopic (exact) mass is 286 g/mol. The second-order valence-electron chi connectivity index (χ2n) is 4.70. The Bertz CT molecular complexity index is 397. The van der Waals surface area contributed by atoms with Crippen molar-refractivity contribution in [3.05, 3.63) is 29.8 Å². The smallest absolute Gasteiger partial charge is 0.224 e. The molecule has 0 aliphatic carbocycles. The molecule has 1 rings (SSSR count). The lowest BCUT2D eigenvalue weighted by molar-refractivity contribution is -0.120. The molecule has 19 heavy (non-hydrogen) atoms. The SMILES string of the molecule is CC(C)Oc1cccc(CC(=O)N[C@@H](C)CN)c1.Cl. The highest BCUT2D eigenvalue weighted by atomic mass is 35.5. The summed E-state index contributed by atoms with van der Waals surface area (Å²) in [7, 11) is 0. The van der Waals surface area contributed by atoms with E-state index in [1.165, 1.54) is 0 Å². The molecule has 5 heteroatoms. The van der Waals surface area contributed by atoms with Crippen molar-refractivity contribution in [1.29, 1.82) is 0 Å². The number of hydrogen-bond acceptors (Lipinski definition) is 3. The molecule has 1 aromatic rings. The van der Waals surface area contributed by atoms with Crippen molar-refractivity contribution in [2.24, 2.45) is 5.73 Å². The van der Waals surface area contributed by atoms with E-state index in [0.717, 1.165) is 11.3 Å².